The predicted molar refractivity (Wildman–Crippen MR) is 160 cm³/mol. The summed E-state index contributed by atoms with van der Waals surface area (Å²) < 4.78 is 0. The molecule has 0 spiro atoms. The summed E-state index contributed by atoms with van der Waals surface area (Å²) in [6.07, 6.45) is 44.4. The lowest BCUT2D eigenvalue weighted by Crippen LogP contribution is -2.19. The van der Waals surface area contributed by atoms with E-state index in [2.05, 4.69) is 7.85 Å². The highest BCUT2D eigenvalue weighted by molar-refractivity contribution is 6.11. The third-order valence-corrected chi connectivity index (χ3v) is 10.8. The first kappa shape index (κ1) is 29.6. The minimum atomic E-state index is 0.976. The topological polar surface area (TPSA) is 0 Å². The molecule has 204 valence electrons. The van der Waals surface area contributed by atoms with E-state index in [1.54, 1.807) is 57.8 Å². The van der Waals surface area contributed by atoms with Crippen LogP contribution in [-0.2, 0) is 0 Å². The van der Waals surface area contributed by atoms with Crippen LogP contribution >= 0.6 is 0 Å². The van der Waals surface area contributed by atoms with E-state index in [9.17, 15) is 0 Å². The van der Waals surface area contributed by atoms with Gasteiger partial charge in [-0.25, -0.2) is 0 Å². The maximum Gasteiger partial charge on any atom is 0.105 e. The van der Waals surface area contributed by atoms with Gasteiger partial charge in [0, 0.05) is 0 Å². The predicted octanol–water partition coefficient (Wildman–Crippen LogP) is 11.2. The average molecular weight is 485 g/mol. The van der Waals surface area contributed by atoms with Crippen molar-refractivity contribution < 1.29 is 0 Å². The minimum absolute atomic E-state index is 0.976. The van der Waals surface area contributed by atoms with Crippen molar-refractivity contribution in [1.82, 2.24) is 0 Å². The maximum absolute atomic E-state index is 2.54. The molecule has 0 aromatic carbocycles. The lowest BCUT2D eigenvalue weighted by atomic mass is 9.73. The van der Waals surface area contributed by atoms with Crippen LogP contribution in [0.4, 0.5) is 0 Å². The standard InChI is InChI=1S/C34H65B/c35-34-28-17-11-5-10-16-24-33(27-19-29-34)32-23-15-9-4-8-14-22-31(25-18-26-32)30-20-12-6-2-1-3-7-13-21-30/h30-34H,1-29,35H2. The third kappa shape index (κ3) is 12.9. The smallest absolute Gasteiger partial charge is 0.0697 e. The summed E-state index contributed by atoms with van der Waals surface area (Å²) in [5.74, 6) is 5.21. The van der Waals surface area contributed by atoms with E-state index in [0.717, 1.165) is 29.5 Å². The van der Waals surface area contributed by atoms with Crippen LogP contribution in [0.2, 0.25) is 5.82 Å². The largest absolute Gasteiger partial charge is 0.105 e. The lowest BCUT2D eigenvalue weighted by Gasteiger charge is -2.32. The van der Waals surface area contributed by atoms with E-state index < -0.39 is 0 Å². The Morgan fingerprint density at radius 1 is 0.229 bits per heavy atom. The Kier molecular flexibility index (Phi) is 16.2. The van der Waals surface area contributed by atoms with Gasteiger partial charge in [0.05, 0.1) is 0 Å². The van der Waals surface area contributed by atoms with Gasteiger partial charge in [-0.05, 0) is 23.7 Å². The molecule has 0 amide bonds. The summed E-state index contributed by atoms with van der Waals surface area (Å²) in [7, 11) is 2.54. The fourth-order valence-electron chi connectivity index (χ4n) is 8.45. The first-order valence-corrected chi connectivity index (χ1v) is 17.3. The van der Waals surface area contributed by atoms with Crippen molar-refractivity contribution in [3.63, 3.8) is 0 Å². The van der Waals surface area contributed by atoms with Gasteiger partial charge >= 0.3 is 0 Å². The van der Waals surface area contributed by atoms with Gasteiger partial charge in [0.25, 0.3) is 0 Å². The Labute approximate surface area is 223 Å². The van der Waals surface area contributed by atoms with Crippen molar-refractivity contribution in [3.05, 3.63) is 0 Å². The van der Waals surface area contributed by atoms with E-state index in [0.29, 0.717) is 0 Å². The van der Waals surface area contributed by atoms with Gasteiger partial charge in [0.15, 0.2) is 0 Å². The fraction of sp³-hybridized carbons (Fsp3) is 1.00. The molecule has 0 N–H and O–H groups in total. The van der Waals surface area contributed by atoms with Crippen molar-refractivity contribution >= 4 is 7.85 Å². The molecule has 3 aliphatic carbocycles. The second kappa shape index (κ2) is 19.2. The Morgan fingerprint density at radius 2 is 0.429 bits per heavy atom. The van der Waals surface area contributed by atoms with Crippen LogP contribution in [0.3, 0.4) is 0 Å². The van der Waals surface area contributed by atoms with Gasteiger partial charge in [-0.3, -0.25) is 0 Å². The molecule has 0 aromatic rings. The SMILES string of the molecule is BC1CCCCCCCC(C2CCCCCCCC(C3CCCCCCCCC3)CCC2)CCC1. The maximum atomic E-state index is 2.54. The minimum Gasteiger partial charge on any atom is -0.0697 e. The zero-order valence-corrected chi connectivity index (χ0v) is 24.4. The van der Waals surface area contributed by atoms with Gasteiger partial charge in [0.2, 0.25) is 0 Å². The molecular formula is C34H65B. The monoisotopic (exact) mass is 485 g/mol. The molecule has 3 saturated carbocycles. The van der Waals surface area contributed by atoms with Crippen molar-refractivity contribution in [3.8, 4) is 0 Å². The Bertz CT molecular complexity index is 477. The summed E-state index contributed by atoms with van der Waals surface area (Å²) in [5, 5.41) is 0. The van der Waals surface area contributed by atoms with Gasteiger partial charge < -0.3 is 0 Å². The first-order chi connectivity index (χ1) is 17.3. The zero-order chi connectivity index (χ0) is 24.4. The summed E-state index contributed by atoms with van der Waals surface area (Å²) in [4.78, 5) is 0. The van der Waals surface area contributed by atoms with Crippen LogP contribution in [0, 0.1) is 23.7 Å². The molecule has 0 saturated heterocycles. The number of hydrogen-bond acceptors (Lipinski definition) is 0. The molecule has 0 nitrogen and oxygen atoms in total. The highest BCUT2D eigenvalue weighted by Gasteiger charge is 2.25. The van der Waals surface area contributed by atoms with Crippen molar-refractivity contribution in [2.45, 2.75) is 192 Å². The Morgan fingerprint density at radius 3 is 0.771 bits per heavy atom. The second-order valence-electron chi connectivity index (χ2n) is 13.7. The van der Waals surface area contributed by atoms with Crippen LogP contribution in [0.15, 0.2) is 0 Å². The Hall–Kier alpha value is 0.0649. The molecule has 0 heterocycles. The summed E-state index contributed by atoms with van der Waals surface area (Å²) in [5.41, 5.74) is 0. The van der Waals surface area contributed by atoms with E-state index in [1.165, 1.54) is 128 Å². The molecule has 3 aliphatic rings. The van der Waals surface area contributed by atoms with Crippen LogP contribution in [0.25, 0.3) is 0 Å². The first-order valence-electron chi connectivity index (χ1n) is 17.3. The van der Waals surface area contributed by atoms with Crippen LogP contribution < -0.4 is 0 Å². The highest BCUT2D eigenvalue weighted by atomic mass is 14.3. The van der Waals surface area contributed by atoms with Crippen molar-refractivity contribution in [2.24, 2.45) is 23.7 Å². The second-order valence-corrected chi connectivity index (χ2v) is 13.7. The molecule has 1 heteroatoms. The molecule has 0 aliphatic heterocycles. The normalized spacial score (nSPS) is 33.8. The van der Waals surface area contributed by atoms with Crippen molar-refractivity contribution in [2.75, 3.05) is 0 Å². The molecule has 3 rings (SSSR count). The molecule has 3 fully saturated rings. The van der Waals surface area contributed by atoms with Crippen LogP contribution in [-0.4, -0.2) is 7.85 Å². The third-order valence-electron chi connectivity index (χ3n) is 10.8. The lowest BCUT2D eigenvalue weighted by molar-refractivity contribution is 0.202. The molecule has 0 radical (unpaired) electrons. The number of hydrogen-bond donors (Lipinski definition) is 0. The molecule has 4 unspecified atom stereocenters. The van der Waals surface area contributed by atoms with E-state index in [1.807, 2.05) is 0 Å². The van der Waals surface area contributed by atoms with Gasteiger partial charge in [-0.2, -0.15) is 0 Å². The van der Waals surface area contributed by atoms with E-state index in [-0.39, 0.29) is 0 Å². The quantitative estimate of drug-likeness (QED) is 0.342. The van der Waals surface area contributed by atoms with Gasteiger partial charge in [0.1, 0.15) is 7.85 Å². The summed E-state index contributed by atoms with van der Waals surface area (Å²) >= 11 is 0. The summed E-state index contributed by atoms with van der Waals surface area (Å²) in [6.45, 7) is 0. The van der Waals surface area contributed by atoms with Gasteiger partial charge in [-0.1, -0.05) is 192 Å². The van der Waals surface area contributed by atoms with Crippen LogP contribution in [0.1, 0.15) is 186 Å². The highest BCUT2D eigenvalue weighted by Crippen LogP contribution is 2.38. The van der Waals surface area contributed by atoms with E-state index >= 15 is 0 Å². The van der Waals surface area contributed by atoms with Gasteiger partial charge in [-0.15, -0.1) is 0 Å². The Balaban J connectivity index is 1.57. The van der Waals surface area contributed by atoms with E-state index in [4.69, 9.17) is 0 Å². The van der Waals surface area contributed by atoms with Crippen LogP contribution in [0.5, 0.6) is 0 Å². The molecule has 4 atom stereocenters. The molecule has 35 heavy (non-hydrogen) atoms. The van der Waals surface area contributed by atoms with Crippen molar-refractivity contribution in [1.29, 1.82) is 0 Å². The zero-order valence-electron chi connectivity index (χ0n) is 24.4. The summed E-state index contributed by atoms with van der Waals surface area (Å²) in [6, 6.07) is 0. The molecular weight excluding hydrogens is 419 g/mol. The molecule has 0 aromatic heterocycles. The average Bonchev–Trinajstić information content (AvgIpc) is 2.85. The number of rotatable bonds is 2. The molecule has 0 bridgehead atoms. The fourth-order valence-corrected chi connectivity index (χ4v) is 8.45.